The van der Waals surface area contributed by atoms with Crippen LogP contribution in [0.15, 0.2) is 28.7 Å². The Bertz CT molecular complexity index is 1430. The number of guanidine groups is 1. The highest BCUT2D eigenvalue weighted by Gasteiger charge is 2.68. The maximum atomic E-state index is 13.9. The molecule has 4 aliphatic rings. The van der Waals surface area contributed by atoms with Crippen LogP contribution in [0.25, 0.3) is 10.2 Å². The van der Waals surface area contributed by atoms with E-state index in [1.807, 2.05) is 17.6 Å². The van der Waals surface area contributed by atoms with E-state index in [9.17, 15) is 19.7 Å². The average Bonchev–Trinajstić information content (AvgIpc) is 3.56. The van der Waals surface area contributed by atoms with Crippen molar-refractivity contribution < 1.29 is 23.9 Å². The third-order valence-electron chi connectivity index (χ3n) is 10.0. The van der Waals surface area contributed by atoms with Crippen molar-refractivity contribution in [3.05, 3.63) is 39.4 Å². The third-order valence-corrected chi connectivity index (χ3v) is 10.8. The number of hydrogen-bond donors (Lipinski definition) is 3. The van der Waals surface area contributed by atoms with Crippen LogP contribution in [0.5, 0.6) is 0 Å². The van der Waals surface area contributed by atoms with Crippen molar-refractivity contribution in [3.63, 3.8) is 0 Å². The molecule has 238 valence electrons. The standard InChI is InChI=1S/C30H43BN6O6S/c1-17(2)11-26(31-42-25-15-20-14-24(29(20,3)4)30(25,5)43-31)35-27(39)19(7-6-10-33-28(32)36-37(40)41)12-22(38)18-8-9-21-23(13-18)44-16-34-21/h8-9,13,16-17,19-20,24-26H,6-7,10-12,14-15H2,1-5H3,(H,35,39)(H3,32,33,36)/t19-,20+,24+,25-,26+,30+/m1/s1. The van der Waals surface area contributed by atoms with Crippen molar-refractivity contribution in [1.82, 2.24) is 15.7 Å². The molecule has 1 saturated heterocycles. The van der Waals surface area contributed by atoms with E-state index in [1.165, 1.54) is 11.3 Å². The molecule has 1 amide bonds. The number of rotatable bonds is 13. The van der Waals surface area contributed by atoms with E-state index in [2.05, 4.69) is 49.9 Å². The van der Waals surface area contributed by atoms with Gasteiger partial charge in [-0.15, -0.1) is 11.3 Å². The van der Waals surface area contributed by atoms with E-state index in [-0.39, 0.29) is 54.0 Å². The summed E-state index contributed by atoms with van der Waals surface area (Å²) >= 11 is 1.46. The summed E-state index contributed by atoms with van der Waals surface area (Å²) in [5, 5.41) is 13.1. The van der Waals surface area contributed by atoms with Gasteiger partial charge in [-0.25, -0.2) is 20.1 Å². The SMILES string of the molecule is CC(C)C[C@H](NC(=O)[C@H](CCCN=C(N)N[N+](=O)[O-])CC(=O)c1ccc2ncsc2c1)B1O[C@@H]2C[C@@H]3C[C@@H](C3(C)C)[C@]2(C)O1. The van der Waals surface area contributed by atoms with Crippen LogP contribution in [0.3, 0.4) is 0 Å². The number of hydrogen-bond acceptors (Lipinski definition) is 9. The first-order valence-corrected chi connectivity index (χ1v) is 16.4. The first-order chi connectivity index (χ1) is 20.8. The van der Waals surface area contributed by atoms with E-state index in [0.717, 1.165) is 23.1 Å². The number of carbonyl (C=O) groups excluding carboxylic acids is 2. The zero-order valence-corrected chi connectivity index (χ0v) is 26.9. The molecule has 0 spiro atoms. The third kappa shape index (κ3) is 6.62. The summed E-state index contributed by atoms with van der Waals surface area (Å²) in [6, 6.07) is 5.37. The first kappa shape index (κ1) is 32.3. The molecule has 3 saturated carbocycles. The fourth-order valence-electron chi connectivity index (χ4n) is 7.48. The minimum atomic E-state index is -0.781. The van der Waals surface area contributed by atoms with Gasteiger partial charge in [0.05, 0.1) is 33.4 Å². The molecule has 44 heavy (non-hydrogen) atoms. The number of nitro groups is 1. The molecule has 1 aromatic carbocycles. The monoisotopic (exact) mass is 626 g/mol. The lowest BCUT2D eigenvalue weighted by molar-refractivity contribution is -0.525. The van der Waals surface area contributed by atoms with Gasteiger partial charge in [0, 0.05) is 24.4 Å². The molecule has 12 nitrogen and oxygen atoms in total. The second-order valence-electron chi connectivity index (χ2n) is 13.7. The highest BCUT2D eigenvalue weighted by Crippen LogP contribution is 2.65. The topological polar surface area (TPSA) is 171 Å². The lowest BCUT2D eigenvalue weighted by atomic mass is 9.43. The maximum absolute atomic E-state index is 13.9. The number of hydrazine groups is 1. The zero-order valence-electron chi connectivity index (χ0n) is 26.1. The van der Waals surface area contributed by atoms with Gasteiger partial charge in [0.25, 0.3) is 5.96 Å². The molecule has 6 rings (SSSR count). The van der Waals surface area contributed by atoms with Crippen LogP contribution in [-0.4, -0.2) is 59.0 Å². The Kier molecular flexibility index (Phi) is 9.34. The number of fused-ring (bicyclic) bond motifs is 1. The van der Waals surface area contributed by atoms with Crippen molar-refractivity contribution in [1.29, 1.82) is 0 Å². The summed E-state index contributed by atoms with van der Waals surface area (Å²) in [5.41, 5.74) is 10.2. The van der Waals surface area contributed by atoms with E-state index >= 15 is 0 Å². The Morgan fingerprint density at radius 2 is 2.07 bits per heavy atom. The quantitative estimate of drug-likeness (QED) is 0.0562. The number of amides is 1. The van der Waals surface area contributed by atoms with Crippen LogP contribution in [-0.2, 0) is 14.1 Å². The number of nitrogens with zero attached hydrogens (tertiary/aromatic N) is 3. The van der Waals surface area contributed by atoms with Crippen LogP contribution < -0.4 is 16.5 Å². The van der Waals surface area contributed by atoms with E-state index in [1.54, 1.807) is 11.6 Å². The molecule has 2 bridgehead atoms. The molecule has 1 aromatic heterocycles. The fourth-order valence-corrected chi connectivity index (χ4v) is 8.20. The number of Topliss-reactive ketones (excluding diaryl/α,β-unsaturated/α-hetero) is 1. The molecule has 2 aromatic rings. The smallest absolute Gasteiger partial charge is 0.404 e. The van der Waals surface area contributed by atoms with Gasteiger partial charge >= 0.3 is 7.12 Å². The Morgan fingerprint density at radius 1 is 1.30 bits per heavy atom. The van der Waals surface area contributed by atoms with Crippen molar-refractivity contribution in [2.24, 2.45) is 39.8 Å². The lowest BCUT2D eigenvalue weighted by Crippen LogP contribution is -2.65. The van der Waals surface area contributed by atoms with Crippen molar-refractivity contribution >= 4 is 46.3 Å². The molecule has 3 aliphatic carbocycles. The Labute approximate surface area is 262 Å². The number of carbonyl (C=O) groups is 2. The highest BCUT2D eigenvalue weighted by molar-refractivity contribution is 7.16. The maximum Gasteiger partial charge on any atom is 0.481 e. The van der Waals surface area contributed by atoms with Gasteiger partial charge < -0.3 is 20.4 Å². The summed E-state index contributed by atoms with van der Waals surface area (Å²) in [6.45, 7) is 11.2. The normalized spacial score (nSPS) is 27.0. The summed E-state index contributed by atoms with van der Waals surface area (Å²) in [5.74, 6) is -0.456. The van der Waals surface area contributed by atoms with Crippen LogP contribution in [0.1, 0.15) is 83.5 Å². The van der Waals surface area contributed by atoms with Crippen molar-refractivity contribution in [2.45, 2.75) is 90.8 Å². The molecule has 6 atom stereocenters. The predicted octanol–water partition coefficient (Wildman–Crippen LogP) is 4.16. The van der Waals surface area contributed by atoms with E-state index in [0.29, 0.717) is 36.7 Å². The molecular formula is C30H43BN6O6S. The number of aromatic nitrogens is 1. The van der Waals surface area contributed by atoms with Crippen LogP contribution >= 0.6 is 11.3 Å². The second kappa shape index (κ2) is 12.7. The van der Waals surface area contributed by atoms with E-state index < -0.39 is 23.7 Å². The highest BCUT2D eigenvalue weighted by atomic mass is 32.1. The predicted molar refractivity (Wildman–Crippen MR) is 169 cm³/mol. The number of aliphatic imine (C=N–C) groups is 1. The number of ketones is 1. The summed E-state index contributed by atoms with van der Waals surface area (Å²) < 4.78 is 14.2. The number of benzene rings is 1. The molecule has 0 radical (unpaired) electrons. The lowest BCUT2D eigenvalue weighted by Gasteiger charge is -2.64. The van der Waals surface area contributed by atoms with Gasteiger partial charge in [-0.1, -0.05) is 33.1 Å². The average molecular weight is 627 g/mol. The van der Waals surface area contributed by atoms with Crippen LogP contribution in [0, 0.1) is 39.2 Å². The Hall–Kier alpha value is -3.10. The van der Waals surface area contributed by atoms with Crippen molar-refractivity contribution in [2.75, 3.05) is 6.54 Å². The van der Waals surface area contributed by atoms with Gasteiger partial charge in [-0.05, 0) is 80.4 Å². The van der Waals surface area contributed by atoms with Crippen LogP contribution in [0.4, 0.5) is 0 Å². The molecule has 2 heterocycles. The Morgan fingerprint density at radius 3 is 2.77 bits per heavy atom. The van der Waals surface area contributed by atoms with Gasteiger partial charge in [0.1, 0.15) is 0 Å². The largest absolute Gasteiger partial charge is 0.481 e. The van der Waals surface area contributed by atoms with Crippen LogP contribution in [0.2, 0.25) is 0 Å². The van der Waals surface area contributed by atoms with Gasteiger partial charge in [-0.2, -0.15) is 0 Å². The van der Waals surface area contributed by atoms with Crippen molar-refractivity contribution in [3.8, 4) is 0 Å². The molecule has 1 aliphatic heterocycles. The minimum absolute atomic E-state index is 0.00154. The summed E-state index contributed by atoms with van der Waals surface area (Å²) in [7, 11) is -0.575. The number of nitrogens with two attached hydrogens (primary N) is 1. The minimum Gasteiger partial charge on any atom is -0.404 e. The second-order valence-corrected chi connectivity index (χ2v) is 14.6. The zero-order chi connectivity index (χ0) is 31.8. The molecule has 4 N–H and O–H groups in total. The number of thiazole rings is 1. The first-order valence-electron chi connectivity index (χ1n) is 15.5. The Balaban J connectivity index is 1.30. The van der Waals surface area contributed by atoms with Gasteiger partial charge in [0.2, 0.25) is 5.91 Å². The number of nitrogens with one attached hydrogen (secondary N) is 2. The summed E-state index contributed by atoms with van der Waals surface area (Å²) in [6.07, 6.45) is 3.49. The molecule has 0 unspecified atom stereocenters. The van der Waals surface area contributed by atoms with E-state index in [4.69, 9.17) is 15.0 Å². The fraction of sp³-hybridized carbons (Fsp3) is 0.667. The van der Waals surface area contributed by atoms with Gasteiger partial charge in [0.15, 0.2) is 10.8 Å². The molecule has 14 heteroatoms. The summed E-state index contributed by atoms with van der Waals surface area (Å²) in [4.78, 5) is 46.3. The molecular weight excluding hydrogens is 583 g/mol. The molecule has 4 fully saturated rings. The van der Waals surface area contributed by atoms with Gasteiger partial charge in [-0.3, -0.25) is 9.59 Å².